The standard InChI is InChI=1S/C18H20N4O3S2/c1-12-10-26-17(19-12)20-15(23)11-27-18-22-21-16(25-18)5-3-4-13-6-8-14(24-2)9-7-13/h6-10H,3-5,11H2,1-2H3,(H,19,20,23). The summed E-state index contributed by atoms with van der Waals surface area (Å²) in [5.74, 6) is 1.49. The Bertz CT molecular complexity index is 877. The second kappa shape index (κ2) is 9.52. The van der Waals surface area contributed by atoms with Crippen molar-refractivity contribution in [1.82, 2.24) is 15.2 Å². The highest BCUT2D eigenvalue weighted by molar-refractivity contribution is 7.99. The molecule has 3 aromatic rings. The van der Waals surface area contributed by atoms with Gasteiger partial charge in [0, 0.05) is 11.8 Å². The lowest BCUT2D eigenvalue weighted by Crippen LogP contribution is -2.13. The van der Waals surface area contributed by atoms with Gasteiger partial charge >= 0.3 is 0 Å². The average molecular weight is 405 g/mol. The fourth-order valence-corrected chi connectivity index (χ4v) is 3.61. The van der Waals surface area contributed by atoms with E-state index in [1.54, 1.807) is 7.11 Å². The van der Waals surface area contributed by atoms with Crippen molar-refractivity contribution in [3.63, 3.8) is 0 Å². The predicted molar refractivity (Wildman–Crippen MR) is 106 cm³/mol. The first-order valence-corrected chi connectivity index (χ1v) is 10.3. The van der Waals surface area contributed by atoms with Crippen LogP contribution in [0.25, 0.3) is 0 Å². The number of aromatic nitrogens is 3. The molecule has 0 radical (unpaired) electrons. The number of thioether (sulfide) groups is 1. The minimum atomic E-state index is -0.145. The van der Waals surface area contributed by atoms with Crippen LogP contribution < -0.4 is 10.1 Å². The van der Waals surface area contributed by atoms with Gasteiger partial charge in [0.15, 0.2) is 5.13 Å². The van der Waals surface area contributed by atoms with Crippen LogP contribution >= 0.6 is 23.1 Å². The first-order valence-electron chi connectivity index (χ1n) is 8.42. The number of rotatable bonds is 9. The van der Waals surface area contributed by atoms with Gasteiger partial charge in [-0.05, 0) is 37.5 Å². The van der Waals surface area contributed by atoms with Crippen molar-refractivity contribution in [3.8, 4) is 5.75 Å². The Morgan fingerprint density at radius 2 is 2.07 bits per heavy atom. The molecule has 0 fully saturated rings. The molecule has 7 nitrogen and oxygen atoms in total. The molecular weight excluding hydrogens is 384 g/mol. The molecule has 0 saturated heterocycles. The molecule has 2 heterocycles. The Hall–Kier alpha value is -2.39. The first-order chi connectivity index (χ1) is 13.1. The number of hydrogen-bond donors (Lipinski definition) is 1. The number of methoxy groups -OCH3 is 1. The topological polar surface area (TPSA) is 90.1 Å². The second-order valence-electron chi connectivity index (χ2n) is 5.79. The van der Waals surface area contributed by atoms with E-state index in [-0.39, 0.29) is 11.7 Å². The van der Waals surface area contributed by atoms with Crippen LogP contribution in [0.15, 0.2) is 39.3 Å². The molecule has 0 unspecified atom stereocenters. The third-order valence-electron chi connectivity index (χ3n) is 3.66. The zero-order valence-electron chi connectivity index (χ0n) is 15.1. The number of carbonyl (C=O) groups excluding carboxylic acids is 1. The second-order valence-corrected chi connectivity index (χ2v) is 7.58. The number of thiazole rings is 1. The van der Waals surface area contributed by atoms with Gasteiger partial charge in [0.1, 0.15) is 5.75 Å². The summed E-state index contributed by atoms with van der Waals surface area (Å²) in [5, 5.41) is 13.7. The van der Waals surface area contributed by atoms with E-state index >= 15 is 0 Å². The lowest BCUT2D eigenvalue weighted by molar-refractivity contribution is -0.113. The van der Waals surface area contributed by atoms with Gasteiger partial charge in [-0.3, -0.25) is 4.79 Å². The van der Waals surface area contributed by atoms with Crippen molar-refractivity contribution in [1.29, 1.82) is 0 Å². The van der Waals surface area contributed by atoms with Gasteiger partial charge in [-0.25, -0.2) is 4.98 Å². The Balaban J connectivity index is 1.39. The smallest absolute Gasteiger partial charge is 0.277 e. The Labute approximate surface area is 165 Å². The van der Waals surface area contributed by atoms with Crippen molar-refractivity contribution in [3.05, 3.63) is 46.8 Å². The van der Waals surface area contributed by atoms with E-state index in [0.29, 0.717) is 22.7 Å². The number of amides is 1. The maximum absolute atomic E-state index is 11.9. The van der Waals surface area contributed by atoms with Crippen LogP contribution in [0.1, 0.15) is 23.6 Å². The molecule has 2 aromatic heterocycles. The highest BCUT2D eigenvalue weighted by Gasteiger charge is 2.11. The van der Waals surface area contributed by atoms with Crippen molar-refractivity contribution in [2.24, 2.45) is 0 Å². The molecule has 0 aliphatic rings. The quantitative estimate of drug-likeness (QED) is 0.543. The summed E-state index contributed by atoms with van der Waals surface area (Å²) in [7, 11) is 1.66. The highest BCUT2D eigenvalue weighted by atomic mass is 32.2. The van der Waals surface area contributed by atoms with Crippen LogP contribution in [-0.2, 0) is 17.6 Å². The molecule has 0 bridgehead atoms. The molecule has 0 saturated carbocycles. The van der Waals surface area contributed by atoms with E-state index in [9.17, 15) is 4.79 Å². The Morgan fingerprint density at radius 3 is 2.78 bits per heavy atom. The van der Waals surface area contributed by atoms with Gasteiger partial charge in [-0.1, -0.05) is 23.9 Å². The number of benzene rings is 1. The number of ether oxygens (including phenoxy) is 1. The number of nitrogens with one attached hydrogen (secondary N) is 1. The van der Waals surface area contributed by atoms with Crippen LogP contribution in [-0.4, -0.2) is 34.0 Å². The molecule has 27 heavy (non-hydrogen) atoms. The summed E-state index contributed by atoms with van der Waals surface area (Å²) in [6, 6.07) is 8.01. The maximum atomic E-state index is 11.9. The van der Waals surface area contributed by atoms with Crippen LogP contribution in [0.2, 0.25) is 0 Å². The number of aryl methyl sites for hydroxylation is 3. The summed E-state index contributed by atoms with van der Waals surface area (Å²) < 4.78 is 10.7. The summed E-state index contributed by atoms with van der Waals surface area (Å²) in [4.78, 5) is 16.1. The fourth-order valence-electron chi connectivity index (χ4n) is 2.33. The molecule has 3 rings (SSSR count). The molecule has 0 spiro atoms. The molecule has 142 valence electrons. The molecule has 0 aliphatic carbocycles. The van der Waals surface area contributed by atoms with Gasteiger partial charge in [0.25, 0.3) is 5.22 Å². The normalized spacial score (nSPS) is 10.7. The summed E-state index contributed by atoms with van der Waals surface area (Å²) in [6.45, 7) is 1.88. The summed E-state index contributed by atoms with van der Waals surface area (Å²) >= 11 is 2.62. The zero-order chi connectivity index (χ0) is 19.1. The van der Waals surface area contributed by atoms with Crippen molar-refractivity contribution in [2.45, 2.75) is 31.4 Å². The van der Waals surface area contributed by atoms with Crippen molar-refractivity contribution < 1.29 is 13.9 Å². The van der Waals surface area contributed by atoms with E-state index in [1.807, 2.05) is 24.4 Å². The third kappa shape index (κ3) is 6.07. The molecule has 1 N–H and O–H groups in total. The van der Waals surface area contributed by atoms with E-state index in [1.165, 1.54) is 28.7 Å². The van der Waals surface area contributed by atoms with E-state index in [2.05, 4.69) is 32.6 Å². The number of carbonyl (C=O) groups is 1. The molecule has 0 atom stereocenters. The van der Waals surface area contributed by atoms with Crippen LogP contribution in [0.3, 0.4) is 0 Å². The molecule has 0 aliphatic heterocycles. The summed E-state index contributed by atoms with van der Waals surface area (Å²) in [5.41, 5.74) is 2.12. The molecule has 1 amide bonds. The number of nitrogens with zero attached hydrogens (tertiary/aromatic N) is 3. The molecule has 9 heteroatoms. The first kappa shape index (κ1) is 19.4. The lowest BCUT2D eigenvalue weighted by atomic mass is 10.1. The third-order valence-corrected chi connectivity index (χ3v) is 5.35. The van der Waals surface area contributed by atoms with Crippen molar-refractivity contribution >= 4 is 34.1 Å². The monoisotopic (exact) mass is 404 g/mol. The minimum absolute atomic E-state index is 0.145. The predicted octanol–water partition coefficient (Wildman–Crippen LogP) is 3.75. The van der Waals surface area contributed by atoms with Crippen LogP contribution in [0, 0.1) is 6.92 Å². The van der Waals surface area contributed by atoms with E-state index in [4.69, 9.17) is 9.15 Å². The molecular formula is C18H20N4O3S2. The van der Waals surface area contributed by atoms with Gasteiger partial charge in [0.2, 0.25) is 11.8 Å². The van der Waals surface area contributed by atoms with Gasteiger partial charge in [0.05, 0.1) is 18.6 Å². The fraction of sp³-hybridized carbons (Fsp3) is 0.333. The maximum Gasteiger partial charge on any atom is 0.277 e. The minimum Gasteiger partial charge on any atom is -0.497 e. The Morgan fingerprint density at radius 1 is 1.26 bits per heavy atom. The van der Waals surface area contributed by atoms with Gasteiger partial charge in [-0.2, -0.15) is 0 Å². The molecule has 1 aromatic carbocycles. The lowest BCUT2D eigenvalue weighted by Gasteiger charge is -2.02. The van der Waals surface area contributed by atoms with Crippen molar-refractivity contribution in [2.75, 3.05) is 18.2 Å². The Kier molecular flexibility index (Phi) is 6.83. The largest absolute Gasteiger partial charge is 0.497 e. The SMILES string of the molecule is COc1ccc(CCCc2nnc(SCC(=O)Nc3nc(C)cs3)o2)cc1. The number of hydrogen-bond acceptors (Lipinski definition) is 8. The zero-order valence-corrected chi connectivity index (χ0v) is 16.7. The average Bonchev–Trinajstić information content (AvgIpc) is 3.29. The number of anilines is 1. The van der Waals surface area contributed by atoms with Gasteiger partial charge in [-0.15, -0.1) is 21.5 Å². The van der Waals surface area contributed by atoms with E-state index < -0.39 is 0 Å². The van der Waals surface area contributed by atoms with Crippen LogP contribution in [0.4, 0.5) is 5.13 Å². The highest BCUT2D eigenvalue weighted by Crippen LogP contribution is 2.19. The van der Waals surface area contributed by atoms with E-state index in [0.717, 1.165) is 24.3 Å². The van der Waals surface area contributed by atoms with Gasteiger partial charge < -0.3 is 14.5 Å². The summed E-state index contributed by atoms with van der Waals surface area (Å²) in [6.07, 6.45) is 2.52. The van der Waals surface area contributed by atoms with Crippen LogP contribution in [0.5, 0.6) is 5.75 Å².